The van der Waals surface area contributed by atoms with Gasteiger partial charge in [0, 0.05) is 24.6 Å². The van der Waals surface area contributed by atoms with Crippen molar-refractivity contribution in [1.82, 2.24) is 9.97 Å². The van der Waals surface area contributed by atoms with Crippen LogP contribution in [0.2, 0.25) is 0 Å². The summed E-state index contributed by atoms with van der Waals surface area (Å²) in [6, 6.07) is 0. The van der Waals surface area contributed by atoms with Gasteiger partial charge in [0.2, 0.25) is 0 Å². The van der Waals surface area contributed by atoms with Gasteiger partial charge in [0.05, 0.1) is 3.57 Å². The molecule has 1 aromatic heterocycles. The van der Waals surface area contributed by atoms with Gasteiger partial charge < -0.3 is 4.90 Å². The van der Waals surface area contributed by atoms with Gasteiger partial charge in [-0.15, -0.1) is 0 Å². The molecule has 3 nitrogen and oxygen atoms in total. The van der Waals surface area contributed by atoms with E-state index in [1.54, 1.807) is 6.33 Å². The van der Waals surface area contributed by atoms with Crippen molar-refractivity contribution in [2.75, 3.05) is 23.3 Å². The summed E-state index contributed by atoms with van der Waals surface area (Å²) in [7, 11) is 0. The highest BCUT2D eigenvalue weighted by atomic mass is 127. The molecule has 0 saturated carbocycles. The minimum Gasteiger partial charge on any atom is -0.355 e. The number of hydrogen-bond donors (Lipinski definition) is 0. The van der Waals surface area contributed by atoms with Crippen LogP contribution in [0.3, 0.4) is 0 Å². The SMILES string of the molecule is CCCN(CCBr)c1ncncc1I. The van der Waals surface area contributed by atoms with E-state index < -0.39 is 0 Å². The average Bonchev–Trinajstić information content (AvgIpc) is 2.18. The molecule has 0 atom stereocenters. The molecule has 14 heavy (non-hydrogen) atoms. The minimum absolute atomic E-state index is 0.965. The quantitative estimate of drug-likeness (QED) is 0.590. The van der Waals surface area contributed by atoms with E-state index in [1.165, 1.54) is 0 Å². The third-order valence-corrected chi connectivity index (χ3v) is 2.91. The zero-order chi connectivity index (χ0) is 10.4. The molecule has 5 heteroatoms. The lowest BCUT2D eigenvalue weighted by Gasteiger charge is -2.22. The average molecular weight is 370 g/mol. The molecule has 78 valence electrons. The van der Waals surface area contributed by atoms with Gasteiger partial charge in [-0.05, 0) is 29.0 Å². The second-order valence-corrected chi connectivity index (χ2v) is 4.83. The van der Waals surface area contributed by atoms with Crippen molar-refractivity contribution in [3.8, 4) is 0 Å². The molecule has 0 fully saturated rings. The summed E-state index contributed by atoms with van der Waals surface area (Å²) < 4.78 is 1.11. The zero-order valence-electron chi connectivity index (χ0n) is 8.08. The van der Waals surface area contributed by atoms with Crippen LogP contribution in [-0.2, 0) is 0 Å². The fourth-order valence-corrected chi connectivity index (χ4v) is 2.30. The van der Waals surface area contributed by atoms with Crippen molar-refractivity contribution in [1.29, 1.82) is 0 Å². The molecule has 0 spiro atoms. The van der Waals surface area contributed by atoms with Gasteiger partial charge in [-0.3, -0.25) is 0 Å². The maximum Gasteiger partial charge on any atom is 0.145 e. The number of rotatable bonds is 5. The summed E-state index contributed by atoms with van der Waals surface area (Å²) >= 11 is 5.73. The first-order valence-corrected chi connectivity index (χ1v) is 6.76. The topological polar surface area (TPSA) is 29.0 Å². The van der Waals surface area contributed by atoms with Crippen molar-refractivity contribution < 1.29 is 0 Å². The van der Waals surface area contributed by atoms with E-state index in [0.29, 0.717) is 0 Å². The van der Waals surface area contributed by atoms with E-state index in [2.05, 4.69) is 60.3 Å². The van der Waals surface area contributed by atoms with Crippen LogP contribution in [0.15, 0.2) is 12.5 Å². The van der Waals surface area contributed by atoms with Crippen LogP contribution < -0.4 is 4.90 Å². The highest BCUT2D eigenvalue weighted by Crippen LogP contribution is 2.18. The van der Waals surface area contributed by atoms with Crippen LogP contribution in [0.25, 0.3) is 0 Å². The van der Waals surface area contributed by atoms with Gasteiger partial charge in [0.1, 0.15) is 12.1 Å². The second kappa shape index (κ2) is 6.55. The molecule has 0 radical (unpaired) electrons. The predicted molar refractivity (Wildman–Crippen MR) is 71.0 cm³/mol. The molecule has 1 aromatic rings. The Morgan fingerprint density at radius 2 is 2.29 bits per heavy atom. The zero-order valence-corrected chi connectivity index (χ0v) is 11.8. The predicted octanol–water partition coefficient (Wildman–Crippen LogP) is 2.69. The standard InChI is InChI=1S/C9H13BrIN3/c1-2-4-14(5-3-10)9-8(11)6-12-7-13-9/h6-7H,2-5H2,1H3. The number of anilines is 1. The molecular weight excluding hydrogens is 357 g/mol. The van der Waals surface area contributed by atoms with Crippen LogP contribution in [0, 0.1) is 3.57 Å². The summed E-state index contributed by atoms with van der Waals surface area (Å²) in [6.07, 6.45) is 4.58. The van der Waals surface area contributed by atoms with E-state index in [0.717, 1.165) is 34.2 Å². The molecule has 0 bridgehead atoms. The van der Waals surface area contributed by atoms with Crippen molar-refractivity contribution in [2.24, 2.45) is 0 Å². The summed E-state index contributed by atoms with van der Waals surface area (Å²) in [5, 5.41) is 0.965. The third-order valence-electron chi connectivity index (χ3n) is 1.80. The number of hydrogen-bond acceptors (Lipinski definition) is 3. The normalized spacial score (nSPS) is 10.2. The van der Waals surface area contributed by atoms with E-state index in [-0.39, 0.29) is 0 Å². The Bertz CT molecular complexity index is 277. The van der Waals surface area contributed by atoms with Gasteiger partial charge in [0.15, 0.2) is 0 Å². The Morgan fingerprint density at radius 1 is 1.50 bits per heavy atom. The van der Waals surface area contributed by atoms with E-state index in [9.17, 15) is 0 Å². The van der Waals surface area contributed by atoms with Crippen molar-refractivity contribution in [3.63, 3.8) is 0 Å². The van der Waals surface area contributed by atoms with E-state index >= 15 is 0 Å². The lowest BCUT2D eigenvalue weighted by Crippen LogP contribution is -2.27. The van der Waals surface area contributed by atoms with Crippen molar-refractivity contribution in [3.05, 3.63) is 16.1 Å². The maximum absolute atomic E-state index is 4.30. The molecule has 0 aliphatic heterocycles. The van der Waals surface area contributed by atoms with E-state index in [4.69, 9.17) is 0 Å². The Balaban J connectivity index is 2.81. The summed E-state index contributed by atoms with van der Waals surface area (Å²) in [4.78, 5) is 10.6. The first-order valence-electron chi connectivity index (χ1n) is 4.56. The monoisotopic (exact) mass is 369 g/mol. The van der Waals surface area contributed by atoms with Gasteiger partial charge in [-0.25, -0.2) is 9.97 Å². The van der Waals surface area contributed by atoms with Crippen molar-refractivity contribution >= 4 is 44.3 Å². The van der Waals surface area contributed by atoms with Crippen LogP contribution in [0.1, 0.15) is 13.3 Å². The number of halogens is 2. The van der Waals surface area contributed by atoms with Crippen LogP contribution in [0.5, 0.6) is 0 Å². The molecule has 0 unspecified atom stereocenters. The molecule has 0 saturated heterocycles. The van der Waals surface area contributed by atoms with Crippen molar-refractivity contribution in [2.45, 2.75) is 13.3 Å². The molecule has 0 aliphatic rings. The lowest BCUT2D eigenvalue weighted by atomic mass is 10.4. The van der Waals surface area contributed by atoms with Gasteiger partial charge >= 0.3 is 0 Å². The first-order chi connectivity index (χ1) is 6.79. The number of aromatic nitrogens is 2. The lowest BCUT2D eigenvalue weighted by molar-refractivity contribution is 0.779. The first kappa shape index (κ1) is 12.2. The molecule has 1 heterocycles. The molecule has 0 aromatic carbocycles. The van der Waals surface area contributed by atoms with Gasteiger partial charge in [-0.2, -0.15) is 0 Å². The van der Waals surface area contributed by atoms with Crippen LogP contribution >= 0.6 is 38.5 Å². The smallest absolute Gasteiger partial charge is 0.145 e. The fourth-order valence-electron chi connectivity index (χ4n) is 1.23. The minimum atomic E-state index is 0.965. The fraction of sp³-hybridized carbons (Fsp3) is 0.556. The Hall–Kier alpha value is 0.0900. The highest BCUT2D eigenvalue weighted by Gasteiger charge is 2.09. The number of nitrogens with zero attached hydrogens (tertiary/aromatic N) is 3. The summed E-state index contributed by atoms with van der Waals surface area (Å²) in [6.45, 7) is 4.20. The molecule has 0 aliphatic carbocycles. The largest absolute Gasteiger partial charge is 0.355 e. The van der Waals surface area contributed by atoms with E-state index in [1.807, 2.05) is 6.20 Å². The molecular formula is C9H13BrIN3. The van der Waals surface area contributed by atoms with Gasteiger partial charge in [0.25, 0.3) is 0 Å². The molecule has 0 N–H and O–H groups in total. The maximum atomic E-state index is 4.30. The highest BCUT2D eigenvalue weighted by molar-refractivity contribution is 14.1. The Labute approximate surface area is 107 Å². The Morgan fingerprint density at radius 3 is 2.86 bits per heavy atom. The number of alkyl halides is 1. The van der Waals surface area contributed by atoms with Gasteiger partial charge in [-0.1, -0.05) is 22.9 Å². The summed E-state index contributed by atoms with van der Waals surface area (Å²) in [5.74, 6) is 1.04. The molecule has 0 amide bonds. The summed E-state index contributed by atoms with van der Waals surface area (Å²) in [5.41, 5.74) is 0. The van der Waals surface area contributed by atoms with Crippen LogP contribution in [-0.4, -0.2) is 28.4 Å². The van der Waals surface area contributed by atoms with Crippen LogP contribution in [0.4, 0.5) is 5.82 Å². The Kier molecular flexibility index (Phi) is 5.69. The second-order valence-electron chi connectivity index (χ2n) is 2.87. The third kappa shape index (κ3) is 3.34. The molecule has 1 rings (SSSR count).